The van der Waals surface area contributed by atoms with Crippen molar-refractivity contribution in [1.29, 1.82) is 0 Å². The predicted molar refractivity (Wildman–Crippen MR) is 76.5 cm³/mol. The lowest BCUT2D eigenvalue weighted by Crippen LogP contribution is -2.35. The highest BCUT2D eigenvalue weighted by Crippen LogP contribution is 2.22. The van der Waals surface area contributed by atoms with Crippen LogP contribution in [0.3, 0.4) is 0 Å². The van der Waals surface area contributed by atoms with Crippen molar-refractivity contribution in [2.75, 3.05) is 26.9 Å². The van der Waals surface area contributed by atoms with Gasteiger partial charge in [-0.05, 0) is 24.6 Å². The smallest absolute Gasteiger partial charge is 0.240 e. The zero-order valence-electron chi connectivity index (χ0n) is 11.6. The number of hydrogen-bond acceptors (Lipinski definition) is 5. The van der Waals surface area contributed by atoms with Gasteiger partial charge < -0.3 is 14.6 Å². The lowest BCUT2D eigenvalue weighted by atomic mass is 10.2. The monoisotopic (exact) mass is 311 g/mol. The molecular weight excluding hydrogens is 294 g/mol. The van der Waals surface area contributed by atoms with Crippen LogP contribution in [-0.2, 0) is 14.8 Å². The Morgan fingerprint density at radius 3 is 2.95 bits per heavy atom. The molecule has 2 rings (SSSR count). The van der Waals surface area contributed by atoms with Crippen LogP contribution in [0.5, 0.6) is 5.75 Å². The van der Waals surface area contributed by atoms with Gasteiger partial charge in [0.1, 0.15) is 12.4 Å². The molecule has 1 aliphatic rings. The molecule has 1 fully saturated rings. The molecule has 1 saturated heterocycles. The van der Waals surface area contributed by atoms with Gasteiger partial charge in [0.15, 0.2) is 0 Å². The molecule has 21 heavy (non-hydrogen) atoms. The minimum atomic E-state index is -3.63. The molecule has 0 aromatic heterocycles. The fourth-order valence-electron chi connectivity index (χ4n) is 2.00. The van der Waals surface area contributed by atoms with Crippen molar-refractivity contribution in [2.24, 2.45) is 0 Å². The Kier molecular flexibility index (Phi) is 5.20. The summed E-state index contributed by atoms with van der Waals surface area (Å²) in [5, 5.41) is 8.75. The van der Waals surface area contributed by atoms with Crippen LogP contribution in [0, 0.1) is 11.8 Å². The molecule has 6 nitrogen and oxygen atoms in total. The second-order valence-electron chi connectivity index (χ2n) is 4.50. The molecule has 1 heterocycles. The Morgan fingerprint density at radius 2 is 2.33 bits per heavy atom. The van der Waals surface area contributed by atoms with E-state index in [1.165, 1.54) is 19.2 Å². The number of aliphatic hydroxyl groups excluding tert-OH is 1. The molecule has 0 amide bonds. The van der Waals surface area contributed by atoms with E-state index < -0.39 is 10.0 Å². The van der Waals surface area contributed by atoms with Crippen LogP contribution in [0.2, 0.25) is 0 Å². The van der Waals surface area contributed by atoms with E-state index >= 15 is 0 Å². The van der Waals surface area contributed by atoms with Gasteiger partial charge in [-0.25, -0.2) is 13.1 Å². The number of hydrogen-bond donors (Lipinski definition) is 2. The first-order chi connectivity index (χ1) is 10.1. The maximum absolute atomic E-state index is 12.3. The third-order valence-electron chi connectivity index (χ3n) is 3.03. The molecule has 0 radical (unpaired) electrons. The van der Waals surface area contributed by atoms with Crippen LogP contribution in [0.4, 0.5) is 0 Å². The summed E-state index contributed by atoms with van der Waals surface area (Å²) in [4.78, 5) is 0.109. The summed E-state index contributed by atoms with van der Waals surface area (Å²) in [6.07, 6.45) is 0.659. The van der Waals surface area contributed by atoms with E-state index in [1.807, 2.05) is 0 Å². The number of aliphatic hydroxyl groups is 1. The molecule has 7 heteroatoms. The van der Waals surface area contributed by atoms with Gasteiger partial charge in [0.2, 0.25) is 10.0 Å². The maximum atomic E-state index is 12.3. The fourth-order valence-corrected chi connectivity index (χ4v) is 3.28. The lowest BCUT2D eigenvalue weighted by molar-refractivity contribution is 0.192. The Hall–Kier alpha value is -1.59. The van der Waals surface area contributed by atoms with E-state index in [9.17, 15) is 8.42 Å². The van der Waals surface area contributed by atoms with Crippen molar-refractivity contribution >= 4 is 10.0 Å². The molecule has 1 aliphatic heterocycles. The van der Waals surface area contributed by atoms with Gasteiger partial charge in [-0.15, -0.1) is 0 Å². The first kappa shape index (κ1) is 15.8. The number of ether oxygens (including phenoxy) is 2. The number of nitrogens with one attached hydrogen (secondary N) is 1. The van der Waals surface area contributed by atoms with Crippen molar-refractivity contribution in [3.63, 3.8) is 0 Å². The predicted octanol–water partition coefficient (Wildman–Crippen LogP) is 0.106. The van der Waals surface area contributed by atoms with E-state index in [-0.39, 0.29) is 17.5 Å². The van der Waals surface area contributed by atoms with Crippen molar-refractivity contribution < 1.29 is 23.0 Å². The summed E-state index contributed by atoms with van der Waals surface area (Å²) in [5.74, 6) is 5.62. The Labute approximate surface area is 124 Å². The topological polar surface area (TPSA) is 84.9 Å². The quantitative estimate of drug-likeness (QED) is 0.771. The normalized spacial score (nSPS) is 18.1. The second-order valence-corrected chi connectivity index (χ2v) is 6.22. The number of methoxy groups -OCH3 is 1. The SMILES string of the molecule is COc1ccc(S(=O)(=O)NC2CCOC2)cc1C#CCO. The average molecular weight is 311 g/mol. The third-order valence-corrected chi connectivity index (χ3v) is 4.55. The zero-order valence-corrected chi connectivity index (χ0v) is 12.4. The van der Waals surface area contributed by atoms with E-state index in [0.29, 0.717) is 30.9 Å². The maximum Gasteiger partial charge on any atom is 0.240 e. The van der Waals surface area contributed by atoms with Gasteiger partial charge in [0, 0.05) is 12.6 Å². The second kappa shape index (κ2) is 6.91. The molecule has 1 aromatic carbocycles. The Balaban J connectivity index is 2.30. The van der Waals surface area contributed by atoms with Gasteiger partial charge in [-0.1, -0.05) is 11.8 Å². The number of benzene rings is 1. The molecule has 0 spiro atoms. The zero-order chi connectivity index (χ0) is 15.3. The summed E-state index contributed by atoms with van der Waals surface area (Å²) in [7, 11) is -2.16. The molecular formula is C14H17NO5S. The molecule has 0 aliphatic carbocycles. The summed E-state index contributed by atoms with van der Waals surface area (Å²) in [6.45, 7) is 0.632. The fraction of sp³-hybridized carbons (Fsp3) is 0.429. The van der Waals surface area contributed by atoms with Crippen LogP contribution >= 0.6 is 0 Å². The summed E-state index contributed by atoms with van der Waals surface area (Å²) < 4.78 is 37.5. The van der Waals surface area contributed by atoms with Gasteiger partial charge in [-0.2, -0.15) is 0 Å². The van der Waals surface area contributed by atoms with E-state index in [2.05, 4.69) is 16.6 Å². The number of rotatable bonds is 4. The van der Waals surface area contributed by atoms with Crippen LogP contribution in [0.1, 0.15) is 12.0 Å². The van der Waals surface area contributed by atoms with Gasteiger partial charge >= 0.3 is 0 Å². The average Bonchev–Trinajstić information content (AvgIpc) is 2.96. The Bertz CT molecular complexity index is 654. The summed E-state index contributed by atoms with van der Waals surface area (Å²) >= 11 is 0. The van der Waals surface area contributed by atoms with Gasteiger partial charge in [0.25, 0.3) is 0 Å². The lowest BCUT2D eigenvalue weighted by Gasteiger charge is -2.12. The van der Waals surface area contributed by atoms with Crippen molar-refractivity contribution in [2.45, 2.75) is 17.4 Å². The molecule has 1 atom stereocenters. The van der Waals surface area contributed by atoms with Crippen molar-refractivity contribution in [1.82, 2.24) is 4.72 Å². The molecule has 2 N–H and O–H groups in total. The molecule has 0 saturated carbocycles. The van der Waals surface area contributed by atoms with Crippen molar-refractivity contribution in [3.05, 3.63) is 23.8 Å². The molecule has 114 valence electrons. The highest BCUT2D eigenvalue weighted by atomic mass is 32.2. The van der Waals surface area contributed by atoms with E-state index in [0.717, 1.165) is 0 Å². The van der Waals surface area contributed by atoms with Gasteiger partial charge in [0.05, 0.1) is 24.2 Å². The van der Waals surface area contributed by atoms with E-state index in [1.54, 1.807) is 6.07 Å². The van der Waals surface area contributed by atoms with Crippen molar-refractivity contribution in [3.8, 4) is 17.6 Å². The van der Waals surface area contributed by atoms with Crippen LogP contribution in [0.15, 0.2) is 23.1 Å². The highest BCUT2D eigenvalue weighted by Gasteiger charge is 2.24. The summed E-state index contributed by atoms with van der Waals surface area (Å²) in [5.41, 5.74) is 0.414. The molecule has 1 unspecified atom stereocenters. The molecule has 0 bridgehead atoms. The van der Waals surface area contributed by atoms with Gasteiger partial charge in [-0.3, -0.25) is 0 Å². The standard InChI is InChI=1S/C14H17NO5S/c1-19-14-5-4-13(9-11(14)3-2-7-16)21(17,18)15-12-6-8-20-10-12/h4-5,9,12,15-16H,6-8,10H2,1H3. The van der Waals surface area contributed by atoms with E-state index in [4.69, 9.17) is 14.6 Å². The minimum absolute atomic E-state index is 0.109. The minimum Gasteiger partial charge on any atom is -0.495 e. The summed E-state index contributed by atoms with van der Waals surface area (Å²) in [6, 6.07) is 4.23. The van der Waals surface area contributed by atoms with Crippen LogP contribution in [-0.4, -0.2) is 46.5 Å². The Morgan fingerprint density at radius 1 is 1.52 bits per heavy atom. The number of sulfonamides is 1. The molecule has 1 aromatic rings. The highest BCUT2D eigenvalue weighted by molar-refractivity contribution is 7.89. The van der Waals surface area contributed by atoms with Crippen LogP contribution < -0.4 is 9.46 Å². The first-order valence-electron chi connectivity index (χ1n) is 6.44. The first-order valence-corrected chi connectivity index (χ1v) is 7.93. The largest absolute Gasteiger partial charge is 0.495 e. The van der Waals surface area contributed by atoms with Crippen LogP contribution in [0.25, 0.3) is 0 Å². The third kappa shape index (κ3) is 3.95.